The van der Waals surface area contributed by atoms with Crippen molar-refractivity contribution >= 4 is 0 Å². The first-order valence-corrected chi connectivity index (χ1v) is 5.07. The first-order chi connectivity index (χ1) is 6.45. The summed E-state index contributed by atoms with van der Waals surface area (Å²) >= 11 is 0. The lowest BCUT2D eigenvalue weighted by atomic mass is 9.85. The fraction of sp³-hybridized carbons (Fsp3) is 0.462. The van der Waals surface area contributed by atoms with Crippen molar-refractivity contribution in [2.75, 3.05) is 0 Å². The number of aromatic hydroxyl groups is 1. The van der Waals surface area contributed by atoms with E-state index in [9.17, 15) is 5.11 Å². The summed E-state index contributed by atoms with van der Waals surface area (Å²) in [5.41, 5.74) is 2.27. The summed E-state index contributed by atoms with van der Waals surface area (Å²) in [5, 5.41) is 9.72. The van der Waals surface area contributed by atoms with Crippen LogP contribution >= 0.6 is 0 Å². The summed E-state index contributed by atoms with van der Waals surface area (Å²) in [4.78, 5) is 0. The topological polar surface area (TPSA) is 20.2 Å². The molecular formula is C13H19O. The maximum atomic E-state index is 9.72. The van der Waals surface area contributed by atoms with Gasteiger partial charge in [-0.3, -0.25) is 0 Å². The Kier molecular flexibility index (Phi) is 3.20. The van der Waals surface area contributed by atoms with Gasteiger partial charge in [-0.1, -0.05) is 39.8 Å². The molecule has 0 bridgehead atoms. The minimum atomic E-state index is 0.00125. The molecule has 1 aromatic carbocycles. The van der Waals surface area contributed by atoms with Gasteiger partial charge < -0.3 is 5.11 Å². The number of hydrogen-bond acceptors (Lipinski definition) is 1. The fourth-order valence-electron chi connectivity index (χ4n) is 1.54. The van der Waals surface area contributed by atoms with Crippen LogP contribution in [-0.2, 0) is 11.8 Å². The van der Waals surface area contributed by atoms with Crippen molar-refractivity contribution in [3.63, 3.8) is 0 Å². The average Bonchev–Trinajstić information content (AvgIpc) is 2.07. The summed E-state index contributed by atoms with van der Waals surface area (Å²) in [7, 11) is 0. The first kappa shape index (κ1) is 11.1. The Morgan fingerprint density at radius 1 is 1.29 bits per heavy atom. The second-order valence-electron chi connectivity index (χ2n) is 4.71. The van der Waals surface area contributed by atoms with Gasteiger partial charge in [0, 0.05) is 0 Å². The lowest BCUT2D eigenvalue weighted by Gasteiger charge is -2.21. The van der Waals surface area contributed by atoms with Gasteiger partial charge in [0.1, 0.15) is 5.75 Å². The molecule has 0 fully saturated rings. The number of aryl methyl sites for hydroxylation is 1. The van der Waals surface area contributed by atoms with E-state index in [2.05, 4.69) is 33.8 Å². The lowest BCUT2D eigenvalue weighted by Crippen LogP contribution is -2.11. The van der Waals surface area contributed by atoms with Gasteiger partial charge in [0.25, 0.3) is 0 Å². The Bertz CT molecular complexity index is 308. The standard InChI is InChI=1S/C13H19O/c1-5-6-10-7-8-12(14)11(9-10)13(2,3)4/h7-9,14H,1,5-6H2,2-4H3. The Morgan fingerprint density at radius 2 is 1.93 bits per heavy atom. The fourth-order valence-corrected chi connectivity index (χ4v) is 1.54. The van der Waals surface area contributed by atoms with E-state index < -0.39 is 0 Å². The monoisotopic (exact) mass is 191 g/mol. The Hall–Kier alpha value is -0.980. The van der Waals surface area contributed by atoms with Gasteiger partial charge in [0.15, 0.2) is 0 Å². The number of hydrogen-bond donors (Lipinski definition) is 1. The molecule has 1 aromatic rings. The lowest BCUT2D eigenvalue weighted by molar-refractivity contribution is 0.446. The van der Waals surface area contributed by atoms with Gasteiger partial charge in [0.2, 0.25) is 0 Å². The number of benzene rings is 1. The van der Waals surface area contributed by atoms with Crippen molar-refractivity contribution < 1.29 is 5.11 Å². The summed E-state index contributed by atoms with van der Waals surface area (Å²) < 4.78 is 0. The minimum Gasteiger partial charge on any atom is -0.508 e. The zero-order chi connectivity index (χ0) is 10.8. The second kappa shape index (κ2) is 4.04. The van der Waals surface area contributed by atoms with Crippen molar-refractivity contribution in [1.29, 1.82) is 0 Å². The third kappa shape index (κ3) is 2.50. The second-order valence-corrected chi connectivity index (χ2v) is 4.71. The largest absolute Gasteiger partial charge is 0.508 e. The molecule has 0 aromatic heterocycles. The molecule has 1 radical (unpaired) electrons. The van der Waals surface area contributed by atoms with Crippen molar-refractivity contribution in [2.24, 2.45) is 0 Å². The maximum Gasteiger partial charge on any atom is 0.119 e. The predicted octanol–water partition coefficient (Wildman–Crippen LogP) is 3.46. The van der Waals surface area contributed by atoms with Crippen LogP contribution in [-0.4, -0.2) is 5.11 Å². The molecule has 0 amide bonds. The normalized spacial score (nSPS) is 11.7. The van der Waals surface area contributed by atoms with Gasteiger partial charge in [-0.05, 0) is 35.4 Å². The van der Waals surface area contributed by atoms with Crippen molar-refractivity contribution in [3.8, 4) is 5.75 Å². The molecule has 0 heterocycles. The molecule has 0 saturated carbocycles. The van der Waals surface area contributed by atoms with Crippen LogP contribution < -0.4 is 0 Å². The molecule has 77 valence electrons. The molecule has 14 heavy (non-hydrogen) atoms. The highest BCUT2D eigenvalue weighted by molar-refractivity contribution is 5.40. The molecule has 0 spiro atoms. The smallest absolute Gasteiger partial charge is 0.119 e. The number of rotatable bonds is 2. The van der Waals surface area contributed by atoms with Gasteiger partial charge >= 0.3 is 0 Å². The van der Waals surface area contributed by atoms with Crippen LogP contribution in [0.5, 0.6) is 5.75 Å². The highest BCUT2D eigenvalue weighted by atomic mass is 16.3. The van der Waals surface area contributed by atoms with Crippen molar-refractivity contribution in [2.45, 2.75) is 39.0 Å². The SMILES string of the molecule is [CH2]CCc1ccc(O)c(C(C)(C)C)c1. The highest BCUT2D eigenvalue weighted by Crippen LogP contribution is 2.31. The third-order valence-electron chi connectivity index (χ3n) is 2.33. The molecule has 1 heteroatoms. The third-order valence-corrected chi connectivity index (χ3v) is 2.33. The molecule has 0 atom stereocenters. The van der Waals surface area contributed by atoms with Crippen LogP contribution in [0, 0.1) is 6.92 Å². The van der Waals surface area contributed by atoms with E-state index in [0.29, 0.717) is 5.75 Å². The van der Waals surface area contributed by atoms with Crippen LogP contribution in [0.2, 0.25) is 0 Å². The molecule has 0 aliphatic carbocycles. The first-order valence-electron chi connectivity index (χ1n) is 5.07. The molecule has 0 unspecified atom stereocenters. The Labute approximate surface area is 86.8 Å². The van der Waals surface area contributed by atoms with Gasteiger partial charge in [-0.15, -0.1) is 0 Å². The minimum absolute atomic E-state index is 0.00125. The van der Waals surface area contributed by atoms with E-state index in [1.54, 1.807) is 6.07 Å². The highest BCUT2D eigenvalue weighted by Gasteiger charge is 2.17. The van der Waals surface area contributed by atoms with Crippen LogP contribution in [0.4, 0.5) is 0 Å². The predicted molar refractivity (Wildman–Crippen MR) is 60.5 cm³/mol. The summed E-state index contributed by atoms with van der Waals surface area (Å²) in [6.45, 7) is 10.2. The van der Waals surface area contributed by atoms with E-state index >= 15 is 0 Å². The molecule has 1 N–H and O–H groups in total. The van der Waals surface area contributed by atoms with Gasteiger partial charge in [0.05, 0.1) is 0 Å². The van der Waals surface area contributed by atoms with Crippen LogP contribution in [0.1, 0.15) is 38.3 Å². The van der Waals surface area contributed by atoms with Crippen LogP contribution in [0.15, 0.2) is 18.2 Å². The summed E-state index contributed by atoms with van der Waals surface area (Å²) in [6.07, 6.45) is 1.87. The Balaban J connectivity index is 3.09. The maximum absolute atomic E-state index is 9.72. The summed E-state index contributed by atoms with van der Waals surface area (Å²) in [6, 6.07) is 5.84. The zero-order valence-corrected chi connectivity index (χ0v) is 9.30. The van der Waals surface area contributed by atoms with E-state index in [0.717, 1.165) is 18.4 Å². The van der Waals surface area contributed by atoms with E-state index in [1.807, 2.05) is 6.07 Å². The molecule has 0 aliphatic heterocycles. The zero-order valence-electron chi connectivity index (χ0n) is 9.30. The molecule has 1 nitrogen and oxygen atoms in total. The van der Waals surface area contributed by atoms with E-state index in [1.165, 1.54) is 5.56 Å². The Morgan fingerprint density at radius 3 is 2.43 bits per heavy atom. The molecule has 0 aliphatic rings. The molecule has 1 rings (SSSR count). The number of phenolic OH excluding ortho intramolecular Hbond substituents is 1. The molecule has 0 saturated heterocycles. The van der Waals surface area contributed by atoms with E-state index in [4.69, 9.17) is 0 Å². The van der Waals surface area contributed by atoms with Gasteiger partial charge in [-0.2, -0.15) is 0 Å². The van der Waals surface area contributed by atoms with E-state index in [-0.39, 0.29) is 5.41 Å². The quantitative estimate of drug-likeness (QED) is 0.759. The van der Waals surface area contributed by atoms with Crippen molar-refractivity contribution in [3.05, 3.63) is 36.2 Å². The number of phenols is 1. The molecular weight excluding hydrogens is 172 g/mol. The summed E-state index contributed by atoms with van der Waals surface area (Å²) in [5.74, 6) is 0.394. The van der Waals surface area contributed by atoms with Crippen LogP contribution in [0.25, 0.3) is 0 Å². The van der Waals surface area contributed by atoms with Crippen LogP contribution in [0.3, 0.4) is 0 Å². The average molecular weight is 191 g/mol. The van der Waals surface area contributed by atoms with Crippen molar-refractivity contribution in [1.82, 2.24) is 0 Å². The van der Waals surface area contributed by atoms with Gasteiger partial charge in [-0.25, -0.2) is 0 Å².